The summed E-state index contributed by atoms with van der Waals surface area (Å²) in [7, 11) is 0. The second-order valence-corrected chi connectivity index (χ2v) is 6.76. The van der Waals surface area contributed by atoms with Gasteiger partial charge in [-0.15, -0.1) is 10.2 Å². The first-order valence-corrected chi connectivity index (χ1v) is 8.66. The van der Waals surface area contributed by atoms with E-state index in [1.54, 1.807) is 5.51 Å². The summed E-state index contributed by atoms with van der Waals surface area (Å²) < 4.78 is 0. The van der Waals surface area contributed by atoms with Crippen molar-refractivity contribution in [2.75, 3.05) is 23.3 Å². The Morgan fingerprint density at radius 2 is 2.17 bits per heavy atom. The fourth-order valence-electron chi connectivity index (χ4n) is 2.62. The van der Waals surface area contributed by atoms with Crippen LogP contribution in [0.4, 0.5) is 10.9 Å². The first kappa shape index (κ1) is 15.8. The number of amides is 1. The van der Waals surface area contributed by atoms with Gasteiger partial charge in [0.15, 0.2) is 0 Å². The van der Waals surface area contributed by atoms with Crippen LogP contribution in [0.1, 0.15) is 38.4 Å². The van der Waals surface area contributed by atoms with Crippen molar-refractivity contribution in [3.8, 4) is 0 Å². The molecule has 23 heavy (non-hydrogen) atoms. The molecule has 122 valence electrons. The van der Waals surface area contributed by atoms with Crippen LogP contribution >= 0.6 is 11.3 Å². The van der Waals surface area contributed by atoms with Gasteiger partial charge in [-0.2, -0.15) is 0 Å². The Labute approximate surface area is 139 Å². The highest BCUT2D eigenvalue weighted by molar-refractivity contribution is 7.13. The third kappa shape index (κ3) is 3.82. The van der Waals surface area contributed by atoms with Crippen LogP contribution in [0.15, 0.2) is 17.8 Å². The number of rotatable bonds is 4. The van der Waals surface area contributed by atoms with E-state index in [-0.39, 0.29) is 11.8 Å². The molecule has 3 heterocycles. The lowest BCUT2D eigenvalue weighted by atomic mass is 9.96. The number of aromatic nitrogens is 4. The molecule has 7 nitrogen and oxygen atoms in total. The molecule has 0 aliphatic carbocycles. The summed E-state index contributed by atoms with van der Waals surface area (Å²) in [5, 5.41) is 11.0. The number of nitrogens with one attached hydrogen (secondary N) is 1. The molecule has 1 amide bonds. The largest absolute Gasteiger partial charge is 0.356 e. The monoisotopic (exact) mass is 332 g/mol. The maximum absolute atomic E-state index is 12.2. The smallest absolute Gasteiger partial charge is 0.229 e. The van der Waals surface area contributed by atoms with Crippen molar-refractivity contribution in [1.29, 1.82) is 0 Å². The maximum Gasteiger partial charge on any atom is 0.229 e. The third-order valence-corrected chi connectivity index (χ3v) is 4.56. The van der Waals surface area contributed by atoms with Crippen molar-refractivity contribution in [2.24, 2.45) is 5.92 Å². The predicted molar refractivity (Wildman–Crippen MR) is 89.6 cm³/mol. The van der Waals surface area contributed by atoms with Gasteiger partial charge in [-0.1, -0.05) is 25.2 Å². The SMILES string of the molecule is CC(C)c1nccc(N2CCC(C(=O)Nc3nncs3)CC2)n1. The average Bonchev–Trinajstić information content (AvgIpc) is 3.08. The van der Waals surface area contributed by atoms with Crippen LogP contribution in [-0.4, -0.2) is 39.2 Å². The Morgan fingerprint density at radius 1 is 1.39 bits per heavy atom. The van der Waals surface area contributed by atoms with Crippen LogP contribution < -0.4 is 10.2 Å². The minimum Gasteiger partial charge on any atom is -0.356 e. The molecule has 1 fully saturated rings. The molecule has 1 saturated heterocycles. The van der Waals surface area contributed by atoms with E-state index in [4.69, 9.17) is 0 Å². The quantitative estimate of drug-likeness (QED) is 0.925. The molecule has 0 spiro atoms. The Bertz CT molecular complexity index is 652. The fourth-order valence-corrected chi connectivity index (χ4v) is 3.07. The molecule has 1 aliphatic rings. The van der Waals surface area contributed by atoms with Crippen LogP contribution in [0.3, 0.4) is 0 Å². The molecule has 0 aromatic carbocycles. The van der Waals surface area contributed by atoms with Crippen LogP contribution in [0, 0.1) is 5.92 Å². The van der Waals surface area contributed by atoms with Crippen molar-refractivity contribution in [3.05, 3.63) is 23.6 Å². The Kier molecular flexibility index (Phi) is 4.80. The summed E-state index contributed by atoms with van der Waals surface area (Å²) in [5.41, 5.74) is 1.61. The summed E-state index contributed by atoms with van der Waals surface area (Å²) in [6, 6.07) is 1.94. The molecule has 1 N–H and O–H groups in total. The number of piperidine rings is 1. The second kappa shape index (κ2) is 6.99. The van der Waals surface area contributed by atoms with Gasteiger partial charge in [-0.05, 0) is 18.9 Å². The van der Waals surface area contributed by atoms with E-state index < -0.39 is 0 Å². The maximum atomic E-state index is 12.2. The molecular weight excluding hydrogens is 312 g/mol. The van der Waals surface area contributed by atoms with E-state index in [0.717, 1.165) is 37.6 Å². The molecule has 0 saturated carbocycles. The van der Waals surface area contributed by atoms with E-state index in [2.05, 4.69) is 44.2 Å². The Morgan fingerprint density at radius 3 is 2.83 bits per heavy atom. The molecular formula is C15H20N6OS. The highest BCUT2D eigenvalue weighted by atomic mass is 32.1. The Hall–Kier alpha value is -2.09. The van der Waals surface area contributed by atoms with Gasteiger partial charge in [-0.25, -0.2) is 9.97 Å². The standard InChI is InChI=1S/C15H20N6OS/c1-10(2)13-16-6-3-12(18-13)21-7-4-11(5-8-21)14(22)19-15-20-17-9-23-15/h3,6,9-11H,4-5,7-8H2,1-2H3,(H,19,20,22). The summed E-state index contributed by atoms with van der Waals surface area (Å²) in [6.07, 6.45) is 3.43. The predicted octanol–water partition coefficient (Wildman–Crippen LogP) is 2.31. The molecule has 0 radical (unpaired) electrons. The van der Waals surface area contributed by atoms with Crippen molar-refractivity contribution < 1.29 is 4.79 Å². The highest BCUT2D eigenvalue weighted by Gasteiger charge is 2.26. The lowest BCUT2D eigenvalue weighted by molar-refractivity contribution is -0.120. The fraction of sp³-hybridized carbons (Fsp3) is 0.533. The first-order chi connectivity index (χ1) is 11.1. The number of hydrogen-bond donors (Lipinski definition) is 1. The average molecular weight is 332 g/mol. The van der Waals surface area contributed by atoms with E-state index in [9.17, 15) is 4.79 Å². The molecule has 0 unspecified atom stereocenters. The molecule has 2 aromatic heterocycles. The highest BCUT2D eigenvalue weighted by Crippen LogP contribution is 2.24. The van der Waals surface area contributed by atoms with Gasteiger partial charge in [0.25, 0.3) is 0 Å². The molecule has 1 aliphatic heterocycles. The molecule has 2 aromatic rings. The first-order valence-electron chi connectivity index (χ1n) is 7.78. The molecule has 8 heteroatoms. The number of nitrogens with zero attached hydrogens (tertiary/aromatic N) is 5. The summed E-state index contributed by atoms with van der Waals surface area (Å²) >= 11 is 1.34. The van der Waals surface area contributed by atoms with E-state index in [1.807, 2.05) is 12.3 Å². The second-order valence-electron chi connectivity index (χ2n) is 5.92. The summed E-state index contributed by atoms with van der Waals surface area (Å²) in [5.74, 6) is 2.17. The van der Waals surface area contributed by atoms with E-state index >= 15 is 0 Å². The summed E-state index contributed by atoms with van der Waals surface area (Å²) in [4.78, 5) is 23.4. The topological polar surface area (TPSA) is 83.9 Å². The van der Waals surface area contributed by atoms with Crippen molar-refractivity contribution in [3.63, 3.8) is 0 Å². The number of carbonyl (C=O) groups excluding carboxylic acids is 1. The van der Waals surface area contributed by atoms with Crippen LogP contribution in [0.2, 0.25) is 0 Å². The van der Waals surface area contributed by atoms with Gasteiger partial charge in [-0.3, -0.25) is 4.79 Å². The van der Waals surface area contributed by atoms with Crippen molar-refractivity contribution >= 4 is 28.2 Å². The van der Waals surface area contributed by atoms with Gasteiger partial charge in [0.1, 0.15) is 17.2 Å². The zero-order valence-electron chi connectivity index (χ0n) is 13.3. The van der Waals surface area contributed by atoms with Gasteiger partial charge in [0, 0.05) is 31.1 Å². The molecule has 0 bridgehead atoms. The minimum absolute atomic E-state index is 0.0153. The zero-order chi connectivity index (χ0) is 16.2. The van der Waals surface area contributed by atoms with E-state index in [1.165, 1.54) is 11.3 Å². The lowest BCUT2D eigenvalue weighted by Gasteiger charge is -2.32. The van der Waals surface area contributed by atoms with Crippen LogP contribution in [0.25, 0.3) is 0 Å². The minimum atomic E-state index is 0.0153. The number of anilines is 2. The third-order valence-electron chi connectivity index (χ3n) is 3.96. The lowest BCUT2D eigenvalue weighted by Crippen LogP contribution is -2.38. The normalized spacial score (nSPS) is 15.9. The van der Waals surface area contributed by atoms with Gasteiger partial charge in [0.2, 0.25) is 11.0 Å². The number of hydrogen-bond acceptors (Lipinski definition) is 7. The number of carbonyl (C=O) groups is 1. The molecule has 0 atom stereocenters. The van der Waals surface area contributed by atoms with Gasteiger partial charge < -0.3 is 10.2 Å². The van der Waals surface area contributed by atoms with Gasteiger partial charge in [0.05, 0.1) is 0 Å². The van der Waals surface area contributed by atoms with Gasteiger partial charge >= 0.3 is 0 Å². The van der Waals surface area contributed by atoms with Crippen molar-refractivity contribution in [1.82, 2.24) is 20.2 Å². The van der Waals surface area contributed by atoms with Crippen LogP contribution in [-0.2, 0) is 4.79 Å². The van der Waals surface area contributed by atoms with E-state index in [0.29, 0.717) is 11.0 Å². The van der Waals surface area contributed by atoms with Crippen LogP contribution in [0.5, 0.6) is 0 Å². The summed E-state index contributed by atoms with van der Waals surface area (Å²) in [6.45, 7) is 5.82. The Balaban J connectivity index is 1.58. The molecule has 3 rings (SSSR count). The zero-order valence-corrected chi connectivity index (χ0v) is 14.1. The van der Waals surface area contributed by atoms with Crippen molar-refractivity contribution in [2.45, 2.75) is 32.6 Å².